The second kappa shape index (κ2) is 10.3. The molecule has 0 bridgehead atoms. The Hall–Kier alpha value is -2.37. The highest BCUT2D eigenvalue weighted by molar-refractivity contribution is 8.26. The molecule has 8 heteroatoms. The number of thioether (sulfide) groups is 1. The lowest BCUT2D eigenvalue weighted by Crippen LogP contribution is -2.37. The largest absolute Gasteiger partial charge is 0.357 e. The standard InChI is InChI=1S/C23H28N4O2S2/c1-4-6-13-26-20(25-11-8-7-9-12-25)17(16(3)18(15-24)21(26)28)14-19-22(29)27(10-5-2)23(30)31-19/h5,14H,2,4,6-13H2,1,3H3. The highest BCUT2D eigenvalue weighted by Crippen LogP contribution is 2.36. The van der Waals surface area contributed by atoms with E-state index < -0.39 is 0 Å². The van der Waals surface area contributed by atoms with Crippen molar-refractivity contribution >= 4 is 46.1 Å². The highest BCUT2D eigenvalue weighted by Gasteiger charge is 2.32. The fraction of sp³-hybridized carbons (Fsp3) is 0.478. The van der Waals surface area contributed by atoms with Gasteiger partial charge in [0.1, 0.15) is 21.8 Å². The lowest BCUT2D eigenvalue weighted by atomic mass is 10.0. The number of thiocarbonyl (C=S) groups is 1. The first-order valence-corrected chi connectivity index (χ1v) is 12.0. The molecule has 0 saturated carbocycles. The molecule has 0 radical (unpaired) electrons. The Morgan fingerprint density at radius 3 is 2.58 bits per heavy atom. The number of hydrogen-bond donors (Lipinski definition) is 0. The van der Waals surface area contributed by atoms with Gasteiger partial charge in [0, 0.05) is 31.7 Å². The minimum Gasteiger partial charge on any atom is -0.357 e. The normalized spacial score (nSPS) is 18.0. The van der Waals surface area contributed by atoms with E-state index in [1.807, 2.05) is 6.08 Å². The van der Waals surface area contributed by atoms with E-state index in [4.69, 9.17) is 12.2 Å². The van der Waals surface area contributed by atoms with Crippen LogP contribution in [0.5, 0.6) is 0 Å². The van der Waals surface area contributed by atoms with Crippen LogP contribution in [-0.4, -0.2) is 39.3 Å². The summed E-state index contributed by atoms with van der Waals surface area (Å²) in [5.41, 5.74) is 1.29. The van der Waals surface area contributed by atoms with Crippen molar-refractivity contribution in [2.75, 3.05) is 24.5 Å². The van der Waals surface area contributed by atoms with Crippen LogP contribution in [0.2, 0.25) is 0 Å². The summed E-state index contributed by atoms with van der Waals surface area (Å²) >= 11 is 6.64. The van der Waals surface area contributed by atoms with E-state index in [-0.39, 0.29) is 17.0 Å². The SMILES string of the molecule is C=CCN1C(=O)C(=Cc2c(C)c(C#N)c(=O)n(CCCC)c2N2CCCCC2)SC1=S. The third kappa shape index (κ3) is 4.63. The van der Waals surface area contributed by atoms with Crippen LogP contribution < -0.4 is 10.5 Å². The maximum absolute atomic E-state index is 13.2. The Kier molecular flexibility index (Phi) is 7.74. The fourth-order valence-corrected chi connectivity index (χ4v) is 5.29. The van der Waals surface area contributed by atoms with Crippen molar-refractivity contribution in [3.63, 3.8) is 0 Å². The molecule has 0 atom stereocenters. The van der Waals surface area contributed by atoms with Crippen LogP contribution in [0.25, 0.3) is 6.08 Å². The third-order valence-corrected chi connectivity index (χ3v) is 7.08. The number of nitrogens with zero attached hydrogens (tertiary/aromatic N) is 4. The van der Waals surface area contributed by atoms with Gasteiger partial charge in [-0.3, -0.25) is 19.1 Å². The minimum atomic E-state index is -0.245. The average Bonchev–Trinajstić information content (AvgIpc) is 3.03. The molecule has 0 N–H and O–H groups in total. The number of piperidine rings is 1. The second-order valence-electron chi connectivity index (χ2n) is 7.79. The Balaban J connectivity index is 2.23. The molecular formula is C23H28N4O2S2. The van der Waals surface area contributed by atoms with Crippen molar-refractivity contribution < 1.29 is 4.79 Å². The van der Waals surface area contributed by atoms with Gasteiger partial charge in [-0.1, -0.05) is 43.4 Å². The number of hydrogen-bond acceptors (Lipinski definition) is 6. The molecule has 1 aromatic heterocycles. The Bertz CT molecular complexity index is 1030. The number of carbonyl (C=O) groups excluding carboxylic acids is 1. The molecule has 2 saturated heterocycles. The molecule has 0 aliphatic carbocycles. The van der Waals surface area contributed by atoms with E-state index in [1.54, 1.807) is 17.6 Å². The number of nitriles is 1. The van der Waals surface area contributed by atoms with Gasteiger partial charge < -0.3 is 4.90 Å². The number of pyridine rings is 1. The molecule has 3 heterocycles. The quantitative estimate of drug-likeness (QED) is 0.348. The van der Waals surface area contributed by atoms with E-state index in [1.165, 1.54) is 23.1 Å². The van der Waals surface area contributed by atoms with Crippen LogP contribution in [0.1, 0.15) is 55.7 Å². The Labute approximate surface area is 193 Å². The van der Waals surface area contributed by atoms with Crippen LogP contribution in [-0.2, 0) is 11.3 Å². The van der Waals surface area contributed by atoms with Crippen molar-refractivity contribution in [3.8, 4) is 6.07 Å². The molecule has 1 aromatic rings. The average molecular weight is 457 g/mol. The maximum Gasteiger partial charge on any atom is 0.270 e. The molecule has 0 aromatic carbocycles. The number of unbranched alkanes of at least 4 members (excludes halogenated alkanes) is 1. The topological polar surface area (TPSA) is 69.3 Å². The Morgan fingerprint density at radius 2 is 1.97 bits per heavy atom. The van der Waals surface area contributed by atoms with Gasteiger partial charge in [0.05, 0.1) is 4.91 Å². The van der Waals surface area contributed by atoms with Gasteiger partial charge in [-0.05, 0) is 44.2 Å². The van der Waals surface area contributed by atoms with Gasteiger partial charge in [0.15, 0.2) is 0 Å². The monoisotopic (exact) mass is 456 g/mol. The minimum absolute atomic E-state index is 0.143. The number of rotatable bonds is 7. The van der Waals surface area contributed by atoms with Gasteiger partial charge in [-0.25, -0.2) is 0 Å². The lowest BCUT2D eigenvalue weighted by molar-refractivity contribution is -0.121. The van der Waals surface area contributed by atoms with Crippen molar-refractivity contribution in [3.05, 3.63) is 44.6 Å². The highest BCUT2D eigenvalue weighted by atomic mass is 32.2. The summed E-state index contributed by atoms with van der Waals surface area (Å²) in [5, 5.41) is 9.73. The van der Waals surface area contributed by atoms with E-state index in [2.05, 4.69) is 24.5 Å². The molecule has 3 rings (SSSR count). The summed E-state index contributed by atoms with van der Waals surface area (Å²) < 4.78 is 2.24. The molecule has 2 fully saturated rings. The number of amides is 1. The van der Waals surface area contributed by atoms with Gasteiger partial charge >= 0.3 is 0 Å². The molecule has 164 valence electrons. The van der Waals surface area contributed by atoms with E-state index in [9.17, 15) is 14.9 Å². The smallest absolute Gasteiger partial charge is 0.270 e. The third-order valence-electron chi connectivity index (χ3n) is 5.70. The van der Waals surface area contributed by atoms with Gasteiger partial charge in [0.25, 0.3) is 11.5 Å². The molecule has 6 nitrogen and oxygen atoms in total. The van der Waals surface area contributed by atoms with Crippen LogP contribution in [0, 0.1) is 18.3 Å². The molecule has 2 aliphatic rings. The van der Waals surface area contributed by atoms with E-state index in [0.717, 1.165) is 50.2 Å². The molecule has 31 heavy (non-hydrogen) atoms. The molecular weight excluding hydrogens is 428 g/mol. The van der Waals surface area contributed by atoms with Crippen molar-refractivity contribution in [2.45, 2.75) is 52.5 Å². The zero-order chi connectivity index (χ0) is 22.5. The van der Waals surface area contributed by atoms with E-state index in [0.29, 0.717) is 27.9 Å². The number of anilines is 1. The van der Waals surface area contributed by atoms with Crippen molar-refractivity contribution in [1.29, 1.82) is 5.26 Å². The van der Waals surface area contributed by atoms with Gasteiger partial charge in [0.2, 0.25) is 0 Å². The lowest BCUT2D eigenvalue weighted by Gasteiger charge is -2.33. The summed E-state index contributed by atoms with van der Waals surface area (Å²) in [6.07, 6.45) is 8.54. The van der Waals surface area contributed by atoms with Crippen LogP contribution in [0.15, 0.2) is 22.4 Å². The van der Waals surface area contributed by atoms with Crippen LogP contribution in [0.4, 0.5) is 5.82 Å². The predicted octanol–water partition coefficient (Wildman–Crippen LogP) is 4.21. The summed E-state index contributed by atoms with van der Waals surface area (Å²) in [6.45, 7) is 10.2. The number of carbonyl (C=O) groups is 1. The molecule has 2 aliphatic heterocycles. The van der Waals surface area contributed by atoms with Crippen LogP contribution >= 0.6 is 24.0 Å². The predicted molar refractivity (Wildman–Crippen MR) is 131 cm³/mol. The fourth-order valence-electron chi connectivity index (χ4n) is 4.03. The molecule has 0 spiro atoms. The second-order valence-corrected chi connectivity index (χ2v) is 9.46. The van der Waals surface area contributed by atoms with E-state index >= 15 is 0 Å². The van der Waals surface area contributed by atoms with Gasteiger partial charge in [-0.2, -0.15) is 5.26 Å². The summed E-state index contributed by atoms with van der Waals surface area (Å²) in [7, 11) is 0. The zero-order valence-electron chi connectivity index (χ0n) is 18.1. The first kappa shape index (κ1) is 23.3. The Morgan fingerprint density at radius 1 is 1.26 bits per heavy atom. The van der Waals surface area contributed by atoms with Crippen molar-refractivity contribution in [2.24, 2.45) is 0 Å². The first-order valence-electron chi connectivity index (χ1n) is 10.7. The number of aromatic nitrogens is 1. The summed E-state index contributed by atoms with van der Waals surface area (Å²) in [5.74, 6) is 0.660. The first-order chi connectivity index (χ1) is 14.9. The zero-order valence-corrected chi connectivity index (χ0v) is 19.8. The van der Waals surface area contributed by atoms with Gasteiger partial charge in [-0.15, -0.1) is 6.58 Å². The molecule has 0 unspecified atom stereocenters. The summed E-state index contributed by atoms with van der Waals surface area (Å²) in [6, 6.07) is 2.10. The molecule has 1 amide bonds. The van der Waals surface area contributed by atoms with Crippen molar-refractivity contribution in [1.82, 2.24) is 9.47 Å². The maximum atomic E-state index is 13.2. The summed E-state index contributed by atoms with van der Waals surface area (Å²) in [4.78, 5) is 30.4. The van der Waals surface area contributed by atoms with Crippen LogP contribution in [0.3, 0.4) is 0 Å².